The van der Waals surface area contributed by atoms with Gasteiger partial charge in [0.05, 0.1) is 6.61 Å². The van der Waals surface area contributed by atoms with Crippen LogP contribution in [0, 0.1) is 0 Å². The first-order valence-corrected chi connectivity index (χ1v) is 9.13. The zero-order chi connectivity index (χ0) is 18.2. The van der Waals surface area contributed by atoms with Crippen LogP contribution in [0.5, 0.6) is 5.88 Å². The monoisotopic (exact) mass is 481 g/mol. The van der Waals surface area contributed by atoms with Gasteiger partial charge in [0.15, 0.2) is 5.96 Å². The Hall–Kier alpha value is -2.03. The Bertz CT molecular complexity index is 725. The van der Waals surface area contributed by atoms with E-state index in [2.05, 4.69) is 55.8 Å². The maximum Gasteiger partial charge on any atom is 0.213 e. The number of pyridine rings is 1. The average molecular weight is 481 g/mol. The number of anilines is 1. The van der Waals surface area contributed by atoms with Gasteiger partial charge in [-0.3, -0.25) is 4.99 Å². The SMILES string of the molecule is CCOc1cc(CNC(=NC)NC2CCN(c3ccccc3)C2)ccn1.I. The molecule has 2 heterocycles. The summed E-state index contributed by atoms with van der Waals surface area (Å²) in [4.78, 5) is 11.0. The van der Waals surface area contributed by atoms with E-state index >= 15 is 0 Å². The van der Waals surface area contributed by atoms with Crippen LogP contribution < -0.4 is 20.3 Å². The van der Waals surface area contributed by atoms with E-state index in [0.717, 1.165) is 31.0 Å². The second kappa shape index (κ2) is 11.0. The van der Waals surface area contributed by atoms with Gasteiger partial charge in [0.25, 0.3) is 0 Å². The van der Waals surface area contributed by atoms with Crippen LogP contribution in [0.25, 0.3) is 0 Å². The number of para-hydroxylation sites is 1. The van der Waals surface area contributed by atoms with Crippen molar-refractivity contribution >= 4 is 35.6 Å². The smallest absolute Gasteiger partial charge is 0.213 e. The van der Waals surface area contributed by atoms with Gasteiger partial charge in [0, 0.05) is 50.7 Å². The van der Waals surface area contributed by atoms with E-state index in [4.69, 9.17) is 4.74 Å². The van der Waals surface area contributed by atoms with E-state index in [1.165, 1.54) is 5.69 Å². The lowest BCUT2D eigenvalue weighted by molar-refractivity contribution is 0.326. The van der Waals surface area contributed by atoms with Crippen LogP contribution in [0.4, 0.5) is 5.69 Å². The van der Waals surface area contributed by atoms with Crippen molar-refractivity contribution in [3.05, 3.63) is 54.2 Å². The number of rotatable bonds is 6. The highest BCUT2D eigenvalue weighted by atomic mass is 127. The molecule has 0 radical (unpaired) electrons. The van der Waals surface area contributed by atoms with E-state index in [1.807, 2.05) is 19.1 Å². The minimum Gasteiger partial charge on any atom is -0.478 e. The fraction of sp³-hybridized carbons (Fsp3) is 0.400. The van der Waals surface area contributed by atoms with E-state index in [1.54, 1.807) is 13.2 Å². The summed E-state index contributed by atoms with van der Waals surface area (Å²) in [5.41, 5.74) is 2.39. The van der Waals surface area contributed by atoms with Crippen molar-refractivity contribution < 1.29 is 4.74 Å². The van der Waals surface area contributed by atoms with Crippen LogP contribution >= 0.6 is 24.0 Å². The summed E-state index contributed by atoms with van der Waals surface area (Å²) in [6, 6.07) is 14.9. The van der Waals surface area contributed by atoms with Gasteiger partial charge in [-0.2, -0.15) is 0 Å². The molecule has 0 spiro atoms. The minimum atomic E-state index is 0. The lowest BCUT2D eigenvalue weighted by Gasteiger charge is -2.20. The molecule has 6 nitrogen and oxygen atoms in total. The second-order valence-electron chi connectivity index (χ2n) is 6.27. The average Bonchev–Trinajstić information content (AvgIpc) is 3.15. The summed E-state index contributed by atoms with van der Waals surface area (Å²) >= 11 is 0. The normalized spacial score (nSPS) is 16.6. The first-order valence-electron chi connectivity index (χ1n) is 9.13. The highest BCUT2D eigenvalue weighted by Crippen LogP contribution is 2.19. The number of halogens is 1. The second-order valence-corrected chi connectivity index (χ2v) is 6.27. The van der Waals surface area contributed by atoms with Crippen LogP contribution in [0.1, 0.15) is 18.9 Å². The van der Waals surface area contributed by atoms with Crippen molar-refractivity contribution in [2.75, 3.05) is 31.6 Å². The molecule has 1 fully saturated rings. The van der Waals surface area contributed by atoms with Crippen molar-refractivity contribution in [3.63, 3.8) is 0 Å². The molecule has 1 atom stereocenters. The summed E-state index contributed by atoms with van der Waals surface area (Å²) in [6.07, 6.45) is 2.87. The third-order valence-electron chi connectivity index (χ3n) is 4.43. The Kier molecular flexibility index (Phi) is 8.63. The molecule has 1 aliphatic heterocycles. The van der Waals surface area contributed by atoms with Gasteiger partial charge in [0.1, 0.15) is 0 Å². The molecule has 0 bridgehead atoms. The van der Waals surface area contributed by atoms with E-state index in [0.29, 0.717) is 25.1 Å². The van der Waals surface area contributed by atoms with Gasteiger partial charge < -0.3 is 20.3 Å². The van der Waals surface area contributed by atoms with Crippen LogP contribution in [0.2, 0.25) is 0 Å². The summed E-state index contributed by atoms with van der Waals surface area (Å²) in [6.45, 7) is 5.29. The highest BCUT2D eigenvalue weighted by molar-refractivity contribution is 14.0. The molecular weight excluding hydrogens is 453 g/mol. The third kappa shape index (κ3) is 6.27. The molecule has 27 heavy (non-hydrogen) atoms. The maximum absolute atomic E-state index is 5.45. The number of aromatic nitrogens is 1. The fourth-order valence-electron chi connectivity index (χ4n) is 3.11. The van der Waals surface area contributed by atoms with Crippen molar-refractivity contribution in [1.82, 2.24) is 15.6 Å². The summed E-state index contributed by atoms with van der Waals surface area (Å²) in [7, 11) is 1.80. The van der Waals surface area contributed by atoms with Crippen LogP contribution in [-0.2, 0) is 6.54 Å². The molecule has 1 aliphatic rings. The van der Waals surface area contributed by atoms with Gasteiger partial charge in [-0.1, -0.05) is 18.2 Å². The van der Waals surface area contributed by atoms with Gasteiger partial charge in [0.2, 0.25) is 5.88 Å². The number of hydrogen-bond donors (Lipinski definition) is 2. The highest BCUT2D eigenvalue weighted by Gasteiger charge is 2.23. The lowest BCUT2D eigenvalue weighted by Crippen LogP contribution is -2.44. The van der Waals surface area contributed by atoms with E-state index in [9.17, 15) is 0 Å². The Balaban J connectivity index is 0.00000261. The summed E-state index contributed by atoms with van der Waals surface area (Å²) in [5.74, 6) is 1.48. The number of ether oxygens (including phenoxy) is 1. The third-order valence-corrected chi connectivity index (χ3v) is 4.43. The number of hydrogen-bond acceptors (Lipinski definition) is 4. The number of nitrogens with one attached hydrogen (secondary N) is 2. The number of guanidine groups is 1. The van der Waals surface area contributed by atoms with Crippen LogP contribution in [0.3, 0.4) is 0 Å². The summed E-state index contributed by atoms with van der Waals surface area (Å²) in [5, 5.41) is 6.90. The Labute approximate surface area is 178 Å². The molecule has 0 saturated carbocycles. The van der Waals surface area contributed by atoms with Gasteiger partial charge in [-0.15, -0.1) is 24.0 Å². The van der Waals surface area contributed by atoms with Crippen LogP contribution in [-0.4, -0.2) is 43.7 Å². The zero-order valence-corrected chi connectivity index (χ0v) is 18.2. The molecular formula is C20H28IN5O. The van der Waals surface area contributed by atoms with Gasteiger partial charge in [-0.25, -0.2) is 4.98 Å². The Morgan fingerprint density at radius 2 is 2.11 bits per heavy atom. The topological polar surface area (TPSA) is 61.8 Å². The molecule has 146 valence electrons. The first-order chi connectivity index (χ1) is 12.8. The van der Waals surface area contributed by atoms with E-state index in [-0.39, 0.29) is 24.0 Å². The van der Waals surface area contributed by atoms with Crippen molar-refractivity contribution in [2.45, 2.75) is 25.9 Å². The fourth-order valence-corrected chi connectivity index (χ4v) is 3.11. The van der Waals surface area contributed by atoms with Gasteiger partial charge in [-0.05, 0) is 37.1 Å². The maximum atomic E-state index is 5.45. The quantitative estimate of drug-likeness (QED) is 0.378. The standard InChI is InChI=1S/C20H27N5O.HI/c1-3-26-19-13-16(9-11-22-19)14-23-20(21-2)24-17-10-12-25(15-17)18-7-5-4-6-8-18;/h4-9,11,13,17H,3,10,12,14-15H2,1-2H3,(H2,21,23,24);1H. The molecule has 2 N–H and O–H groups in total. The Morgan fingerprint density at radius 3 is 2.85 bits per heavy atom. The molecule has 7 heteroatoms. The number of benzene rings is 1. The predicted octanol–water partition coefficient (Wildman–Crippen LogP) is 3.04. The first kappa shape index (κ1) is 21.3. The lowest BCUT2D eigenvalue weighted by atomic mass is 10.2. The largest absolute Gasteiger partial charge is 0.478 e. The molecule has 0 aliphatic carbocycles. The van der Waals surface area contributed by atoms with Crippen molar-refractivity contribution in [3.8, 4) is 5.88 Å². The van der Waals surface area contributed by atoms with Gasteiger partial charge >= 0.3 is 0 Å². The molecule has 0 amide bonds. The molecule has 1 unspecified atom stereocenters. The number of nitrogens with zero attached hydrogens (tertiary/aromatic N) is 3. The molecule has 3 rings (SSSR count). The minimum absolute atomic E-state index is 0. The molecule has 1 aromatic heterocycles. The molecule has 2 aromatic rings. The number of aliphatic imine (C=N–C) groups is 1. The molecule has 1 saturated heterocycles. The van der Waals surface area contributed by atoms with E-state index < -0.39 is 0 Å². The zero-order valence-electron chi connectivity index (χ0n) is 15.9. The predicted molar refractivity (Wildman–Crippen MR) is 121 cm³/mol. The summed E-state index contributed by atoms with van der Waals surface area (Å²) < 4.78 is 5.45. The Morgan fingerprint density at radius 1 is 1.30 bits per heavy atom. The van der Waals surface area contributed by atoms with Crippen molar-refractivity contribution in [1.29, 1.82) is 0 Å². The van der Waals surface area contributed by atoms with Crippen molar-refractivity contribution in [2.24, 2.45) is 4.99 Å². The molecule has 1 aromatic carbocycles. The van der Waals surface area contributed by atoms with Crippen LogP contribution in [0.15, 0.2) is 53.7 Å².